The van der Waals surface area contributed by atoms with E-state index in [9.17, 15) is 19.5 Å². The van der Waals surface area contributed by atoms with Crippen LogP contribution >= 0.6 is 0 Å². The first-order valence-corrected chi connectivity index (χ1v) is 9.50. The molecular formula is C22H21N3O6. The third-order valence-electron chi connectivity index (χ3n) is 4.23. The van der Waals surface area contributed by atoms with Crippen molar-refractivity contribution >= 4 is 35.3 Å². The lowest BCUT2D eigenvalue weighted by molar-refractivity contribution is -0.138. The maximum atomic E-state index is 12.0. The van der Waals surface area contributed by atoms with E-state index in [0.717, 1.165) is 0 Å². The van der Waals surface area contributed by atoms with Gasteiger partial charge in [0.1, 0.15) is 22.8 Å². The number of hydrogen-bond donors (Lipinski definition) is 3. The number of esters is 1. The fraction of sp³-hybridized carbons (Fsp3) is 0.182. The highest BCUT2D eigenvalue weighted by molar-refractivity contribution is 6.39. The standard InChI is InChI=1S/C22H21N3O6/c1-3-30-22(29)18-13(2)24-17(19(18)26)11-15-9-10-16(31-15)12-23-20(27)21(28)25-14-7-5-4-6-8-14/h4-11,26H,3,12H2,1-2H3,(H,23,27)(H,25,28)/b17-11+. The fourth-order valence-corrected chi connectivity index (χ4v) is 2.80. The Morgan fingerprint density at radius 3 is 2.58 bits per heavy atom. The minimum atomic E-state index is -0.809. The minimum absolute atomic E-state index is 0.0107. The van der Waals surface area contributed by atoms with Crippen molar-refractivity contribution in [2.75, 3.05) is 11.9 Å². The summed E-state index contributed by atoms with van der Waals surface area (Å²) in [5.74, 6) is -1.81. The Bertz CT molecular complexity index is 1100. The molecule has 1 aliphatic heterocycles. The number of ether oxygens (including phenoxy) is 1. The topological polar surface area (TPSA) is 130 Å². The lowest BCUT2D eigenvalue weighted by Gasteiger charge is -2.05. The third-order valence-corrected chi connectivity index (χ3v) is 4.23. The largest absolute Gasteiger partial charge is 0.505 e. The summed E-state index contributed by atoms with van der Waals surface area (Å²) < 4.78 is 10.5. The van der Waals surface area contributed by atoms with Gasteiger partial charge in [-0.1, -0.05) is 18.2 Å². The Hall–Kier alpha value is -4.14. The number of benzene rings is 1. The highest BCUT2D eigenvalue weighted by atomic mass is 16.5. The number of para-hydroxylation sites is 1. The van der Waals surface area contributed by atoms with E-state index >= 15 is 0 Å². The van der Waals surface area contributed by atoms with E-state index in [1.807, 2.05) is 0 Å². The van der Waals surface area contributed by atoms with Gasteiger partial charge >= 0.3 is 17.8 Å². The summed E-state index contributed by atoms with van der Waals surface area (Å²) in [7, 11) is 0. The Morgan fingerprint density at radius 2 is 1.87 bits per heavy atom. The number of furan rings is 1. The zero-order chi connectivity index (χ0) is 22.4. The van der Waals surface area contributed by atoms with Crippen LogP contribution in [0, 0.1) is 0 Å². The second kappa shape index (κ2) is 9.57. The molecule has 0 saturated heterocycles. The first-order chi connectivity index (χ1) is 14.9. The van der Waals surface area contributed by atoms with Crippen molar-refractivity contribution < 1.29 is 28.6 Å². The minimum Gasteiger partial charge on any atom is -0.505 e. The van der Waals surface area contributed by atoms with Gasteiger partial charge in [-0.2, -0.15) is 0 Å². The van der Waals surface area contributed by atoms with E-state index in [0.29, 0.717) is 22.9 Å². The van der Waals surface area contributed by atoms with Gasteiger partial charge in [0, 0.05) is 11.8 Å². The number of anilines is 1. The van der Waals surface area contributed by atoms with Crippen LogP contribution in [0.15, 0.2) is 68.9 Å². The molecule has 1 aromatic heterocycles. The maximum absolute atomic E-state index is 12.0. The van der Waals surface area contributed by atoms with Crippen molar-refractivity contribution in [3.05, 3.63) is 71.0 Å². The second-order valence-electron chi connectivity index (χ2n) is 6.48. The first-order valence-electron chi connectivity index (χ1n) is 9.50. The number of aliphatic hydroxyl groups excluding tert-OH is 1. The molecule has 3 rings (SSSR count). The van der Waals surface area contributed by atoms with E-state index in [1.54, 1.807) is 56.3 Å². The summed E-state index contributed by atoms with van der Waals surface area (Å²) in [4.78, 5) is 40.0. The van der Waals surface area contributed by atoms with Crippen molar-refractivity contribution in [2.45, 2.75) is 20.4 Å². The van der Waals surface area contributed by atoms with Crippen LogP contribution in [-0.4, -0.2) is 35.2 Å². The molecule has 160 valence electrons. The van der Waals surface area contributed by atoms with Crippen LogP contribution in [0.1, 0.15) is 25.4 Å². The van der Waals surface area contributed by atoms with Crippen molar-refractivity contribution in [3.8, 4) is 0 Å². The van der Waals surface area contributed by atoms with Gasteiger partial charge in [0.15, 0.2) is 5.76 Å². The molecule has 2 heterocycles. The molecule has 0 fully saturated rings. The lowest BCUT2D eigenvalue weighted by atomic mass is 10.1. The quantitative estimate of drug-likeness (QED) is 0.484. The van der Waals surface area contributed by atoms with Crippen molar-refractivity contribution in [3.63, 3.8) is 0 Å². The van der Waals surface area contributed by atoms with E-state index in [2.05, 4.69) is 15.6 Å². The van der Waals surface area contributed by atoms with Gasteiger partial charge < -0.3 is 24.9 Å². The van der Waals surface area contributed by atoms with E-state index in [1.165, 1.54) is 6.08 Å². The monoisotopic (exact) mass is 423 g/mol. The van der Waals surface area contributed by atoms with Crippen LogP contribution in [0.4, 0.5) is 5.69 Å². The Kier molecular flexibility index (Phi) is 6.66. The molecule has 0 radical (unpaired) electrons. The summed E-state index contributed by atoms with van der Waals surface area (Å²) >= 11 is 0. The van der Waals surface area contributed by atoms with Gasteiger partial charge in [0.2, 0.25) is 0 Å². The van der Waals surface area contributed by atoms with Gasteiger partial charge in [-0.3, -0.25) is 9.59 Å². The average Bonchev–Trinajstić information content (AvgIpc) is 3.30. The normalized spacial score (nSPS) is 14.4. The number of rotatable bonds is 6. The van der Waals surface area contributed by atoms with Gasteiger partial charge in [-0.15, -0.1) is 0 Å². The summed E-state index contributed by atoms with van der Waals surface area (Å²) in [6.07, 6.45) is 1.46. The Labute approximate surface area is 178 Å². The Morgan fingerprint density at radius 1 is 1.13 bits per heavy atom. The van der Waals surface area contributed by atoms with Gasteiger partial charge in [0.25, 0.3) is 0 Å². The van der Waals surface area contributed by atoms with Crippen molar-refractivity contribution in [1.82, 2.24) is 5.32 Å². The predicted octanol–water partition coefficient (Wildman–Crippen LogP) is 2.73. The molecule has 2 amide bonds. The molecule has 9 heteroatoms. The Balaban J connectivity index is 1.61. The molecule has 9 nitrogen and oxygen atoms in total. The SMILES string of the molecule is CCOC(=O)C1=C(O)/C(=C\c2ccc(CNC(=O)C(=O)Nc3ccccc3)o2)N=C1C. The number of amides is 2. The number of nitrogens with zero attached hydrogens (tertiary/aromatic N) is 1. The molecule has 2 aromatic rings. The number of aliphatic imine (C=N–C) groups is 1. The third kappa shape index (κ3) is 5.27. The molecule has 0 aliphatic carbocycles. The zero-order valence-corrected chi connectivity index (χ0v) is 17.0. The summed E-state index contributed by atoms with van der Waals surface area (Å²) in [5.41, 5.74) is 1.02. The lowest BCUT2D eigenvalue weighted by Crippen LogP contribution is -2.34. The van der Waals surface area contributed by atoms with E-state index in [-0.39, 0.29) is 30.2 Å². The van der Waals surface area contributed by atoms with Crippen molar-refractivity contribution in [2.24, 2.45) is 4.99 Å². The van der Waals surface area contributed by atoms with Crippen LogP contribution in [0.2, 0.25) is 0 Å². The fourth-order valence-electron chi connectivity index (χ4n) is 2.80. The summed E-state index contributed by atoms with van der Waals surface area (Å²) in [6, 6.07) is 11.8. The molecule has 1 aliphatic rings. The molecule has 0 atom stereocenters. The molecule has 3 N–H and O–H groups in total. The molecule has 1 aromatic carbocycles. The van der Waals surface area contributed by atoms with E-state index < -0.39 is 17.8 Å². The van der Waals surface area contributed by atoms with Gasteiger partial charge in [-0.05, 0) is 38.1 Å². The van der Waals surface area contributed by atoms with Crippen LogP contribution in [-0.2, 0) is 25.7 Å². The van der Waals surface area contributed by atoms with Gasteiger partial charge in [-0.25, -0.2) is 9.79 Å². The average molecular weight is 423 g/mol. The van der Waals surface area contributed by atoms with Crippen LogP contribution in [0.3, 0.4) is 0 Å². The second-order valence-corrected chi connectivity index (χ2v) is 6.48. The van der Waals surface area contributed by atoms with Crippen LogP contribution < -0.4 is 10.6 Å². The molecule has 0 saturated carbocycles. The maximum Gasteiger partial charge on any atom is 0.343 e. The molecule has 0 spiro atoms. The number of carbonyl (C=O) groups excluding carboxylic acids is 3. The number of aliphatic hydroxyl groups is 1. The smallest absolute Gasteiger partial charge is 0.343 e. The number of hydrogen-bond acceptors (Lipinski definition) is 7. The zero-order valence-electron chi connectivity index (χ0n) is 17.0. The molecule has 0 unspecified atom stereocenters. The van der Waals surface area contributed by atoms with Crippen molar-refractivity contribution in [1.29, 1.82) is 0 Å². The van der Waals surface area contributed by atoms with Crippen LogP contribution in [0.25, 0.3) is 6.08 Å². The number of carbonyl (C=O) groups is 3. The number of nitrogens with one attached hydrogen (secondary N) is 2. The highest BCUT2D eigenvalue weighted by Crippen LogP contribution is 2.26. The van der Waals surface area contributed by atoms with Gasteiger partial charge in [0.05, 0.1) is 18.9 Å². The molecule has 31 heavy (non-hydrogen) atoms. The first kappa shape index (κ1) is 21.6. The predicted molar refractivity (Wildman–Crippen MR) is 113 cm³/mol. The molecular weight excluding hydrogens is 402 g/mol. The van der Waals surface area contributed by atoms with E-state index in [4.69, 9.17) is 9.15 Å². The summed E-state index contributed by atoms with van der Waals surface area (Å²) in [6.45, 7) is 3.43. The molecule has 0 bridgehead atoms. The van der Waals surface area contributed by atoms with Crippen LogP contribution in [0.5, 0.6) is 0 Å². The highest BCUT2D eigenvalue weighted by Gasteiger charge is 2.27. The summed E-state index contributed by atoms with van der Waals surface area (Å²) in [5, 5.41) is 15.2.